The Labute approximate surface area is 251 Å². The molecule has 0 nitrogen and oxygen atoms in total. The maximum absolute atomic E-state index is 3.75. The van der Waals surface area contributed by atoms with E-state index in [1.807, 2.05) is 0 Å². The first-order valence-corrected chi connectivity index (χ1v) is 13.5. The van der Waals surface area contributed by atoms with Crippen molar-refractivity contribution in [2.24, 2.45) is 11.8 Å². The summed E-state index contributed by atoms with van der Waals surface area (Å²) in [5, 5.41) is 2.77. The number of allylic oxidation sites excluding steroid dienone is 12. The minimum Gasteiger partial charge on any atom is -0.177 e. The molecule has 0 amide bonds. The van der Waals surface area contributed by atoms with E-state index in [1.165, 1.54) is 99.6 Å². The van der Waals surface area contributed by atoms with Gasteiger partial charge in [0.25, 0.3) is 0 Å². The van der Waals surface area contributed by atoms with Crippen molar-refractivity contribution >= 4 is 11.6 Å². The van der Waals surface area contributed by atoms with Gasteiger partial charge in [-0.3, -0.25) is 0 Å². The Morgan fingerprint density at radius 3 is 1.68 bits per heavy atom. The van der Waals surface area contributed by atoms with Crippen LogP contribution < -0.4 is 10.4 Å². The number of rotatable bonds is 0. The van der Waals surface area contributed by atoms with E-state index in [1.54, 1.807) is 0 Å². The summed E-state index contributed by atoms with van der Waals surface area (Å²) in [6, 6.07) is 0. The summed E-state index contributed by atoms with van der Waals surface area (Å²) in [5.41, 5.74) is 23.0. The largest absolute Gasteiger partial charge is 3.00 e. The molecule has 0 aliphatic heterocycles. The molecule has 0 heterocycles. The average molecular weight is 566 g/mol. The van der Waals surface area contributed by atoms with Crippen LogP contribution in [0.4, 0.5) is 0 Å². The summed E-state index contributed by atoms with van der Waals surface area (Å²) < 4.78 is 0. The first-order valence-electron chi connectivity index (χ1n) is 13.5. The quantitative estimate of drug-likeness (QED) is 0.277. The smallest absolute Gasteiger partial charge is 0.177 e. The van der Waals surface area contributed by atoms with Gasteiger partial charge in [0.05, 0.1) is 0 Å². The van der Waals surface area contributed by atoms with E-state index in [9.17, 15) is 0 Å². The van der Waals surface area contributed by atoms with Crippen LogP contribution in [0, 0.1) is 45.6 Å². The molecule has 190 valence electrons. The third kappa shape index (κ3) is 4.45. The van der Waals surface area contributed by atoms with Gasteiger partial charge in [-0.1, -0.05) is 93.0 Å². The fourth-order valence-electron chi connectivity index (χ4n) is 6.48. The minimum absolute atomic E-state index is 0. The van der Waals surface area contributed by atoms with Crippen LogP contribution in [0.25, 0.3) is 11.6 Å². The molecule has 0 bridgehead atoms. The van der Waals surface area contributed by atoms with E-state index in [0.29, 0.717) is 11.8 Å². The molecule has 0 spiro atoms. The second kappa shape index (κ2) is 10.6. The van der Waals surface area contributed by atoms with Crippen LogP contribution in [-0.4, -0.2) is 0 Å². The second-order valence-electron chi connectivity index (χ2n) is 11.7. The van der Waals surface area contributed by atoms with Gasteiger partial charge in [0.2, 0.25) is 0 Å². The molecule has 4 aliphatic carbocycles. The molecule has 1 heteroatoms. The van der Waals surface area contributed by atoms with Gasteiger partial charge in [-0.15, -0.1) is 44.4 Å². The summed E-state index contributed by atoms with van der Waals surface area (Å²) in [6.07, 6.45) is 7.29. The fourth-order valence-corrected chi connectivity index (χ4v) is 6.48. The van der Waals surface area contributed by atoms with Gasteiger partial charge in [0.15, 0.2) is 0 Å². The SMILES string of the molecule is CC1=C(C)C(C)C(C)=C2[C-]=c3c(C)c(C)c(C)c(C)c3=C12.CC1=C(C)C2C(=[C-]1)C(C)=C(C)C(C)=C2C.[Y+3]. The molecule has 0 fully saturated rings. The van der Waals surface area contributed by atoms with E-state index in [-0.39, 0.29) is 32.7 Å². The molecule has 0 saturated carbocycles. The van der Waals surface area contributed by atoms with E-state index < -0.39 is 0 Å². The van der Waals surface area contributed by atoms with Crippen molar-refractivity contribution < 1.29 is 32.7 Å². The van der Waals surface area contributed by atoms with E-state index in [0.717, 1.165) is 0 Å². The van der Waals surface area contributed by atoms with Crippen molar-refractivity contribution in [3.63, 3.8) is 0 Å². The number of fused-ring (bicyclic) bond motifs is 3. The van der Waals surface area contributed by atoms with Gasteiger partial charge in [-0.2, -0.15) is 22.8 Å². The Morgan fingerprint density at radius 2 is 1.08 bits per heavy atom. The van der Waals surface area contributed by atoms with Crippen LogP contribution >= 0.6 is 0 Å². The zero-order valence-corrected chi connectivity index (χ0v) is 28.6. The summed E-state index contributed by atoms with van der Waals surface area (Å²) in [7, 11) is 0. The molecule has 1 aromatic rings. The van der Waals surface area contributed by atoms with Crippen LogP contribution in [0.1, 0.15) is 91.5 Å². The van der Waals surface area contributed by atoms with Crippen LogP contribution in [0.5, 0.6) is 0 Å². The Kier molecular flexibility index (Phi) is 8.59. The molecule has 0 radical (unpaired) electrons. The van der Waals surface area contributed by atoms with Crippen LogP contribution in [0.3, 0.4) is 0 Å². The third-order valence-corrected chi connectivity index (χ3v) is 10.3. The first-order chi connectivity index (χ1) is 16.7. The molecule has 2 unspecified atom stereocenters. The average Bonchev–Trinajstić information content (AvgIpc) is 3.40. The molecule has 0 aromatic heterocycles. The zero-order valence-electron chi connectivity index (χ0n) is 25.7. The topological polar surface area (TPSA) is 0 Å². The predicted octanol–water partition coefficient (Wildman–Crippen LogP) is 8.41. The van der Waals surface area contributed by atoms with Crippen molar-refractivity contribution in [3.05, 3.63) is 100 Å². The van der Waals surface area contributed by atoms with E-state index in [4.69, 9.17) is 0 Å². The van der Waals surface area contributed by atoms with Crippen LogP contribution in [-0.2, 0) is 32.7 Å². The molecule has 1 aromatic carbocycles. The maximum Gasteiger partial charge on any atom is 3.00 e. The van der Waals surface area contributed by atoms with E-state index in [2.05, 4.69) is 109 Å². The number of hydrogen-bond donors (Lipinski definition) is 0. The van der Waals surface area contributed by atoms with Crippen LogP contribution in [0.2, 0.25) is 0 Å². The number of hydrogen-bond acceptors (Lipinski definition) is 0. The Balaban J connectivity index is 0.000000211. The second-order valence-corrected chi connectivity index (χ2v) is 11.7. The Hall–Kier alpha value is -1.50. The molecule has 0 N–H and O–H groups in total. The predicted molar refractivity (Wildman–Crippen MR) is 157 cm³/mol. The van der Waals surface area contributed by atoms with Gasteiger partial charge < -0.3 is 0 Å². The number of benzene rings is 1. The minimum atomic E-state index is 0. The Bertz CT molecular complexity index is 1530. The first kappa shape index (κ1) is 30.1. The molecular formula is C36H44Y+. The molecule has 2 atom stereocenters. The maximum atomic E-state index is 3.75. The standard InChI is InChI=1S/C21H25.C15H19.Y/c1-10-12(3)16(7)20-18(14(10)5)9-19-15(6)11(2)13(4)17(8)21(19)20;1-8-7-14-12(5)10(3)11(4)13(6)15(14)9(8)2;/h10H,1-8H3;15H,1-6H3;/q2*-1;+3. The van der Waals surface area contributed by atoms with Gasteiger partial charge in [-0.05, 0) is 60.3 Å². The van der Waals surface area contributed by atoms with Gasteiger partial charge in [0, 0.05) is 0 Å². The van der Waals surface area contributed by atoms with Gasteiger partial charge in [0.1, 0.15) is 0 Å². The fraction of sp³-hybridized carbons (Fsp3) is 0.444. The van der Waals surface area contributed by atoms with Gasteiger partial charge >= 0.3 is 32.7 Å². The molecular weight excluding hydrogens is 521 g/mol. The molecule has 0 saturated heterocycles. The summed E-state index contributed by atoms with van der Waals surface area (Å²) >= 11 is 0. The van der Waals surface area contributed by atoms with Crippen LogP contribution in [0.15, 0.2) is 61.3 Å². The summed E-state index contributed by atoms with van der Waals surface area (Å²) in [6.45, 7) is 31.6. The molecule has 4 aliphatic rings. The zero-order chi connectivity index (χ0) is 27.0. The van der Waals surface area contributed by atoms with Gasteiger partial charge in [-0.25, -0.2) is 0 Å². The van der Waals surface area contributed by atoms with Crippen molar-refractivity contribution in [3.8, 4) is 0 Å². The van der Waals surface area contributed by atoms with E-state index >= 15 is 0 Å². The summed E-state index contributed by atoms with van der Waals surface area (Å²) in [4.78, 5) is 0. The van der Waals surface area contributed by atoms with Crippen molar-refractivity contribution in [2.45, 2.75) is 96.9 Å². The summed E-state index contributed by atoms with van der Waals surface area (Å²) in [5.74, 6) is 1.06. The van der Waals surface area contributed by atoms with Crippen molar-refractivity contribution in [1.29, 1.82) is 0 Å². The third-order valence-electron chi connectivity index (χ3n) is 10.3. The monoisotopic (exact) mass is 565 g/mol. The Morgan fingerprint density at radius 1 is 0.514 bits per heavy atom. The van der Waals surface area contributed by atoms with Crippen molar-refractivity contribution in [1.82, 2.24) is 0 Å². The molecule has 37 heavy (non-hydrogen) atoms. The molecule has 5 rings (SSSR count). The van der Waals surface area contributed by atoms with Crippen molar-refractivity contribution in [2.75, 3.05) is 0 Å². The normalized spacial score (nSPS) is 22.4.